The van der Waals surface area contributed by atoms with E-state index in [0.717, 1.165) is 30.0 Å². The minimum absolute atomic E-state index is 0.0246. The van der Waals surface area contributed by atoms with Crippen molar-refractivity contribution in [2.75, 3.05) is 18.9 Å². The fourth-order valence-electron chi connectivity index (χ4n) is 1.97. The summed E-state index contributed by atoms with van der Waals surface area (Å²) in [5.74, 6) is 0.0246. The minimum Gasteiger partial charge on any atom is -0.324 e. The van der Waals surface area contributed by atoms with Crippen LogP contribution < -0.4 is 10.6 Å². The second-order valence-corrected chi connectivity index (χ2v) is 4.67. The third kappa shape index (κ3) is 3.68. The smallest absolute Gasteiger partial charge is 0.224 e. The van der Waals surface area contributed by atoms with Crippen LogP contribution in [0.4, 0.5) is 5.69 Å². The van der Waals surface area contributed by atoms with Crippen molar-refractivity contribution in [3.05, 3.63) is 42.2 Å². The highest BCUT2D eigenvalue weighted by molar-refractivity contribution is 5.92. The van der Waals surface area contributed by atoms with Gasteiger partial charge in [0.2, 0.25) is 5.91 Å². The van der Waals surface area contributed by atoms with E-state index in [1.54, 1.807) is 4.68 Å². The number of nitrogens with zero attached hydrogens (tertiary/aromatic N) is 2. The third-order valence-electron chi connectivity index (χ3n) is 2.98. The summed E-state index contributed by atoms with van der Waals surface area (Å²) in [7, 11) is 1.88. The average molecular weight is 272 g/mol. The van der Waals surface area contributed by atoms with E-state index in [1.165, 1.54) is 0 Å². The number of aryl methyl sites for hydroxylation is 1. The Labute approximate surface area is 119 Å². The molecule has 5 heteroatoms. The van der Waals surface area contributed by atoms with Gasteiger partial charge in [-0.3, -0.25) is 4.79 Å². The van der Waals surface area contributed by atoms with E-state index in [-0.39, 0.29) is 5.91 Å². The van der Waals surface area contributed by atoms with Gasteiger partial charge in [-0.1, -0.05) is 12.1 Å². The molecule has 0 aliphatic rings. The lowest BCUT2D eigenvalue weighted by Gasteiger charge is -2.11. The summed E-state index contributed by atoms with van der Waals surface area (Å²) in [5.41, 5.74) is 2.60. The quantitative estimate of drug-likeness (QED) is 0.792. The molecule has 5 nitrogen and oxygen atoms in total. The molecule has 2 aromatic rings. The number of benzene rings is 1. The van der Waals surface area contributed by atoms with Crippen molar-refractivity contribution in [3.63, 3.8) is 0 Å². The monoisotopic (exact) mass is 272 g/mol. The number of rotatable bonds is 6. The van der Waals surface area contributed by atoms with Crippen LogP contribution in [0.3, 0.4) is 0 Å². The molecular formula is C15H20N4O. The highest BCUT2D eigenvalue weighted by Gasteiger charge is 2.08. The van der Waals surface area contributed by atoms with E-state index in [9.17, 15) is 4.79 Å². The standard InChI is InChI=1S/C15H20N4O/c1-12-9-11-19(18-12)14-7-4-3-6-13(14)17-15(20)8-5-10-16-2/h3-4,6-7,9,11,16H,5,8,10H2,1-2H3,(H,17,20). The average Bonchev–Trinajstić information content (AvgIpc) is 2.86. The molecule has 0 bridgehead atoms. The topological polar surface area (TPSA) is 59.0 Å². The SMILES string of the molecule is CNCCCC(=O)Nc1ccccc1-n1ccc(C)n1. The predicted octanol–water partition coefficient (Wildman–Crippen LogP) is 2.12. The molecule has 0 saturated heterocycles. The Balaban J connectivity index is 2.10. The first-order valence-electron chi connectivity index (χ1n) is 6.77. The molecule has 0 atom stereocenters. The minimum atomic E-state index is 0.0246. The maximum absolute atomic E-state index is 11.9. The number of hydrogen-bond donors (Lipinski definition) is 2. The van der Waals surface area contributed by atoms with Crippen LogP contribution in [-0.2, 0) is 4.79 Å². The molecule has 2 N–H and O–H groups in total. The van der Waals surface area contributed by atoms with Crippen molar-refractivity contribution in [2.45, 2.75) is 19.8 Å². The van der Waals surface area contributed by atoms with Crippen LogP contribution in [0.5, 0.6) is 0 Å². The molecule has 0 aliphatic heterocycles. The second kappa shape index (κ2) is 6.86. The van der Waals surface area contributed by atoms with Crippen LogP contribution >= 0.6 is 0 Å². The maximum atomic E-state index is 11.9. The zero-order chi connectivity index (χ0) is 14.4. The Morgan fingerprint density at radius 1 is 1.30 bits per heavy atom. The Kier molecular flexibility index (Phi) is 4.90. The second-order valence-electron chi connectivity index (χ2n) is 4.67. The largest absolute Gasteiger partial charge is 0.324 e. The van der Waals surface area contributed by atoms with E-state index in [0.29, 0.717) is 6.42 Å². The Hall–Kier alpha value is -2.14. The Morgan fingerprint density at radius 2 is 2.10 bits per heavy atom. The van der Waals surface area contributed by atoms with Crippen LogP contribution in [0.15, 0.2) is 36.5 Å². The van der Waals surface area contributed by atoms with Gasteiger partial charge in [-0.05, 0) is 45.1 Å². The first kappa shape index (κ1) is 14.3. The number of para-hydroxylation sites is 2. The molecule has 0 saturated carbocycles. The molecule has 1 aromatic carbocycles. The van der Waals surface area contributed by atoms with Crippen molar-refractivity contribution in [2.24, 2.45) is 0 Å². The lowest BCUT2D eigenvalue weighted by atomic mass is 10.2. The number of nitrogens with one attached hydrogen (secondary N) is 2. The molecule has 0 fully saturated rings. The first-order chi connectivity index (χ1) is 9.70. The highest BCUT2D eigenvalue weighted by Crippen LogP contribution is 2.19. The number of hydrogen-bond acceptors (Lipinski definition) is 3. The van der Waals surface area contributed by atoms with Gasteiger partial charge in [0, 0.05) is 12.6 Å². The number of carbonyl (C=O) groups is 1. The summed E-state index contributed by atoms with van der Waals surface area (Å²) in [5, 5.41) is 10.4. The van der Waals surface area contributed by atoms with E-state index in [1.807, 2.05) is 50.5 Å². The summed E-state index contributed by atoms with van der Waals surface area (Å²) in [6.07, 6.45) is 3.22. The zero-order valence-corrected chi connectivity index (χ0v) is 11.9. The van der Waals surface area contributed by atoms with Crippen LogP contribution in [0.2, 0.25) is 0 Å². The summed E-state index contributed by atoms with van der Waals surface area (Å²) in [4.78, 5) is 11.9. The van der Waals surface area contributed by atoms with Gasteiger partial charge in [-0.25, -0.2) is 4.68 Å². The van der Waals surface area contributed by atoms with Gasteiger partial charge in [0.25, 0.3) is 0 Å². The molecule has 20 heavy (non-hydrogen) atoms. The van der Waals surface area contributed by atoms with Crippen LogP contribution in [0.25, 0.3) is 5.69 Å². The highest BCUT2D eigenvalue weighted by atomic mass is 16.1. The van der Waals surface area contributed by atoms with E-state index in [2.05, 4.69) is 15.7 Å². The van der Waals surface area contributed by atoms with Crippen molar-refractivity contribution >= 4 is 11.6 Å². The van der Waals surface area contributed by atoms with Gasteiger partial charge in [0.1, 0.15) is 0 Å². The molecule has 0 unspecified atom stereocenters. The van der Waals surface area contributed by atoms with Gasteiger partial charge in [-0.2, -0.15) is 5.10 Å². The van der Waals surface area contributed by atoms with Gasteiger partial charge in [0.15, 0.2) is 0 Å². The number of anilines is 1. The molecule has 106 valence electrons. The number of aromatic nitrogens is 2. The lowest BCUT2D eigenvalue weighted by Crippen LogP contribution is -2.16. The molecular weight excluding hydrogens is 252 g/mol. The van der Waals surface area contributed by atoms with Crippen LogP contribution in [0.1, 0.15) is 18.5 Å². The van der Waals surface area contributed by atoms with Crippen molar-refractivity contribution < 1.29 is 4.79 Å². The molecule has 0 radical (unpaired) electrons. The summed E-state index contributed by atoms with van der Waals surface area (Å²) >= 11 is 0. The zero-order valence-electron chi connectivity index (χ0n) is 11.9. The van der Waals surface area contributed by atoms with Gasteiger partial charge in [0.05, 0.1) is 17.1 Å². The fraction of sp³-hybridized carbons (Fsp3) is 0.333. The van der Waals surface area contributed by atoms with Crippen molar-refractivity contribution in [3.8, 4) is 5.69 Å². The molecule has 1 heterocycles. The van der Waals surface area contributed by atoms with Crippen LogP contribution in [0, 0.1) is 6.92 Å². The van der Waals surface area contributed by atoms with Crippen molar-refractivity contribution in [1.82, 2.24) is 15.1 Å². The summed E-state index contributed by atoms with van der Waals surface area (Å²) < 4.78 is 1.78. The fourth-order valence-corrected chi connectivity index (χ4v) is 1.97. The lowest BCUT2D eigenvalue weighted by molar-refractivity contribution is -0.116. The Bertz CT molecular complexity index is 577. The number of amides is 1. The first-order valence-corrected chi connectivity index (χ1v) is 6.77. The van der Waals surface area contributed by atoms with Crippen LogP contribution in [-0.4, -0.2) is 29.3 Å². The molecule has 1 amide bonds. The molecule has 0 spiro atoms. The maximum Gasteiger partial charge on any atom is 0.224 e. The summed E-state index contributed by atoms with van der Waals surface area (Å²) in [6.45, 7) is 2.78. The predicted molar refractivity (Wildman–Crippen MR) is 80.1 cm³/mol. The number of carbonyl (C=O) groups excluding carboxylic acids is 1. The Morgan fingerprint density at radius 3 is 2.80 bits per heavy atom. The van der Waals surface area contributed by atoms with E-state index >= 15 is 0 Å². The van der Waals surface area contributed by atoms with Crippen molar-refractivity contribution in [1.29, 1.82) is 0 Å². The summed E-state index contributed by atoms with van der Waals surface area (Å²) in [6, 6.07) is 9.61. The normalized spacial score (nSPS) is 10.5. The van der Waals surface area contributed by atoms with Gasteiger partial charge in [-0.15, -0.1) is 0 Å². The van der Waals surface area contributed by atoms with Gasteiger partial charge >= 0.3 is 0 Å². The molecule has 1 aromatic heterocycles. The molecule has 0 aliphatic carbocycles. The molecule has 2 rings (SSSR count). The third-order valence-corrected chi connectivity index (χ3v) is 2.98. The van der Waals surface area contributed by atoms with E-state index in [4.69, 9.17) is 0 Å². The van der Waals surface area contributed by atoms with Gasteiger partial charge < -0.3 is 10.6 Å². The van der Waals surface area contributed by atoms with E-state index < -0.39 is 0 Å².